The van der Waals surface area contributed by atoms with E-state index in [4.69, 9.17) is 15.0 Å². The van der Waals surface area contributed by atoms with E-state index >= 15 is 0 Å². The van der Waals surface area contributed by atoms with Crippen LogP contribution in [-0.4, -0.2) is 23.8 Å². The number of hydrogen-bond acceptors (Lipinski definition) is 5. The van der Waals surface area contributed by atoms with Crippen LogP contribution in [0.3, 0.4) is 0 Å². The van der Waals surface area contributed by atoms with Crippen LogP contribution in [0.25, 0.3) is 0 Å². The molecule has 1 aromatic rings. The molecule has 1 atom stereocenters. The Morgan fingerprint density at radius 2 is 1.95 bits per heavy atom. The largest absolute Gasteiger partial charge is 0.373 e. The number of rotatable bonds is 9. The Labute approximate surface area is 127 Å². The van der Waals surface area contributed by atoms with Crippen LogP contribution in [0.4, 0.5) is 0 Å². The fourth-order valence-corrected chi connectivity index (χ4v) is 3.20. The highest BCUT2D eigenvalue weighted by Crippen LogP contribution is 2.35. The van der Waals surface area contributed by atoms with Crippen molar-refractivity contribution in [3.05, 3.63) is 11.7 Å². The minimum absolute atomic E-state index is 0.0000372. The summed E-state index contributed by atoms with van der Waals surface area (Å²) < 4.78 is 11.0. The van der Waals surface area contributed by atoms with Crippen LogP contribution < -0.4 is 5.73 Å². The molecule has 1 saturated carbocycles. The van der Waals surface area contributed by atoms with Crippen LogP contribution >= 0.6 is 0 Å². The van der Waals surface area contributed by atoms with Crippen LogP contribution in [0.1, 0.15) is 75.6 Å². The van der Waals surface area contributed by atoms with E-state index in [-0.39, 0.29) is 6.10 Å². The predicted octanol–water partition coefficient (Wildman–Crippen LogP) is 3.40. The van der Waals surface area contributed by atoms with Crippen LogP contribution in [0.5, 0.6) is 0 Å². The Hall–Kier alpha value is -0.940. The lowest BCUT2D eigenvalue weighted by atomic mass is 9.85. The van der Waals surface area contributed by atoms with Crippen molar-refractivity contribution in [3.8, 4) is 0 Å². The fourth-order valence-electron chi connectivity index (χ4n) is 3.20. The molecule has 0 amide bonds. The fraction of sp³-hybridized carbons (Fsp3) is 0.875. The monoisotopic (exact) mass is 295 g/mol. The first-order chi connectivity index (χ1) is 10.3. The molecule has 0 bridgehead atoms. The average Bonchev–Trinajstić information content (AvgIpc) is 2.98. The number of methoxy groups -OCH3 is 1. The molecule has 120 valence electrons. The minimum atomic E-state index is 0.0000372. The molecule has 0 aliphatic heterocycles. The number of nitrogens with two attached hydrogens (primary N) is 1. The molecule has 1 unspecified atom stereocenters. The van der Waals surface area contributed by atoms with Crippen molar-refractivity contribution in [2.75, 3.05) is 13.7 Å². The smallest absolute Gasteiger partial charge is 0.226 e. The van der Waals surface area contributed by atoms with E-state index in [2.05, 4.69) is 10.1 Å². The van der Waals surface area contributed by atoms with Gasteiger partial charge in [0.25, 0.3) is 0 Å². The quantitative estimate of drug-likeness (QED) is 0.707. The van der Waals surface area contributed by atoms with E-state index in [0.29, 0.717) is 5.92 Å². The van der Waals surface area contributed by atoms with Gasteiger partial charge >= 0.3 is 0 Å². The van der Waals surface area contributed by atoms with Crippen LogP contribution in [-0.2, 0) is 11.2 Å². The van der Waals surface area contributed by atoms with Gasteiger partial charge in [-0.25, -0.2) is 0 Å². The van der Waals surface area contributed by atoms with Gasteiger partial charge in [-0.3, -0.25) is 0 Å². The summed E-state index contributed by atoms with van der Waals surface area (Å²) in [5.74, 6) is 2.02. The Balaban J connectivity index is 1.82. The van der Waals surface area contributed by atoms with Gasteiger partial charge in [-0.05, 0) is 38.1 Å². The summed E-state index contributed by atoms with van der Waals surface area (Å²) in [6.45, 7) is 0.779. The third kappa shape index (κ3) is 5.08. The van der Waals surface area contributed by atoms with Crippen LogP contribution in [0.2, 0.25) is 0 Å². The maximum atomic E-state index is 5.65. The van der Waals surface area contributed by atoms with Crippen molar-refractivity contribution < 1.29 is 9.26 Å². The molecule has 1 fully saturated rings. The van der Waals surface area contributed by atoms with Gasteiger partial charge in [0.2, 0.25) is 11.7 Å². The van der Waals surface area contributed by atoms with Crippen molar-refractivity contribution >= 4 is 0 Å². The molecule has 0 aromatic carbocycles. The van der Waals surface area contributed by atoms with Crippen molar-refractivity contribution in [1.29, 1.82) is 0 Å². The molecule has 1 heterocycles. The minimum Gasteiger partial charge on any atom is -0.373 e. The van der Waals surface area contributed by atoms with Gasteiger partial charge < -0.3 is 15.0 Å². The Morgan fingerprint density at radius 1 is 1.19 bits per heavy atom. The third-order valence-corrected chi connectivity index (χ3v) is 4.41. The number of nitrogens with zero attached hydrogens (tertiary/aromatic N) is 2. The van der Waals surface area contributed by atoms with Gasteiger partial charge in [0.1, 0.15) is 6.10 Å². The van der Waals surface area contributed by atoms with Crippen LogP contribution in [0.15, 0.2) is 4.52 Å². The van der Waals surface area contributed by atoms with E-state index in [1.165, 1.54) is 44.9 Å². The van der Waals surface area contributed by atoms with E-state index < -0.39 is 0 Å². The van der Waals surface area contributed by atoms with E-state index in [0.717, 1.165) is 37.5 Å². The van der Waals surface area contributed by atoms with Gasteiger partial charge in [-0.15, -0.1) is 0 Å². The van der Waals surface area contributed by atoms with Gasteiger partial charge in [-0.2, -0.15) is 4.98 Å². The highest BCUT2D eigenvalue weighted by atomic mass is 16.5. The summed E-state index contributed by atoms with van der Waals surface area (Å²) in [4.78, 5) is 4.55. The summed E-state index contributed by atoms with van der Waals surface area (Å²) in [5, 5.41) is 4.15. The number of unbranched alkanes of at least 4 members (excludes halogenated alkanes) is 3. The van der Waals surface area contributed by atoms with Crippen molar-refractivity contribution in [1.82, 2.24) is 10.1 Å². The average molecular weight is 295 g/mol. The molecular formula is C16H29N3O2. The molecule has 5 heteroatoms. The normalized spacial score (nSPS) is 18.0. The summed E-state index contributed by atoms with van der Waals surface area (Å²) in [6.07, 6.45) is 11.7. The molecule has 0 spiro atoms. The van der Waals surface area contributed by atoms with E-state index in [1.807, 2.05) is 0 Å². The summed E-state index contributed by atoms with van der Waals surface area (Å²) >= 11 is 0. The molecule has 21 heavy (non-hydrogen) atoms. The zero-order valence-corrected chi connectivity index (χ0v) is 13.2. The molecule has 1 aliphatic rings. The highest BCUT2D eigenvalue weighted by Gasteiger charge is 2.28. The molecule has 5 nitrogen and oxygen atoms in total. The second-order valence-corrected chi connectivity index (χ2v) is 6.05. The van der Waals surface area contributed by atoms with E-state index in [1.54, 1.807) is 7.11 Å². The lowest BCUT2D eigenvalue weighted by Gasteiger charge is -2.26. The van der Waals surface area contributed by atoms with Gasteiger partial charge in [0.15, 0.2) is 0 Å². The Bertz CT molecular complexity index is 389. The van der Waals surface area contributed by atoms with Crippen molar-refractivity contribution in [3.63, 3.8) is 0 Å². The lowest BCUT2D eigenvalue weighted by molar-refractivity contribution is 0.0273. The molecule has 2 rings (SSSR count). The Morgan fingerprint density at radius 3 is 2.67 bits per heavy atom. The van der Waals surface area contributed by atoms with Gasteiger partial charge in [-0.1, -0.05) is 37.3 Å². The molecule has 2 N–H and O–H groups in total. The molecular weight excluding hydrogens is 266 g/mol. The number of hydrogen-bond donors (Lipinski definition) is 1. The summed E-state index contributed by atoms with van der Waals surface area (Å²) in [6, 6.07) is 0. The first-order valence-corrected chi connectivity index (χ1v) is 8.40. The number of aromatic nitrogens is 2. The number of ether oxygens (including phenoxy) is 1. The lowest BCUT2D eigenvalue weighted by Crippen LogP contribution is -2.19. The zero-order valence-electron chi connectivity index (χ0n) is 13.2. The molecule has 1 aromatic heterocycles. The zero-order chi connectivity index (χ0) is 14.9. The predicted molar refractivity (Wildman–Crippen MR) is 81.8 cm³/mol. The Kier molecular flexibility index (Phi) is 7.16. The first kappa shape index (κ1) is 16.4. The molecule has 1 aliphatic carbocycles. The number of aryl methyl sites for hydroxylation is 1. The molecule has 0 radical (unpaired) electrons. The van der Waals surface area contributed by atoms with Crippen molar-refractivity contribution in [2.45, 2.75) is 70.3 Å². The second-order valence-electron chi connectivity index (χ2n) is 6.05. The standard InChI is InChI=1S/C16H29N3O2/c1-20-15(13-9-5-4-6-10-13)16-18-14(21-19-16)11-7-2-3-8-12-17/h13,15H,2-12,17H2,1H3. The highest BCUT2D eigenvalue weighted by molar-refractivity contribution is 4.95. The van der Waals surface area contributed by atoms with Gasteiger partial charge in [0, 0.05) is 13.5 Å². The van der Waals surface area contributed by atoms with Crippen molar-refractivity contribution in [2.24, 2.45) is 11.7 Å². The first-order valence-electron chi connectivity index (χ1n) is 8.40. The van der Waals surface area contributed by atoms with Crippen LogP contribution in [0, 0.1) is 5.92 Å². The second kappa shape index (κ2) is 9.15. The summed E-state index contributed by atoms with van der Waals surface area (Å²) in [5.41, 5.74) is 5.49. The van der Waals surface area contributed by atoms with E-state index in [9.17, 15) is 0 Å². The van der Waals surface area contributed by atoms with Gasteiger partial charge in [0.05, 0.1) is 0 Å². The SMILES string of the molecule is COC(c1noc(CCCCCCN)n1)C1CCCCC1. The maximum Gasteiger partial charge on any atom is 0.226 e. The third-order valence-electron chi connectivity index (χ3n) is 4.41. The topological polar surface area (TPSA) is 74.2 Å². The summed E-state index contributed by atoms with van der Waals surface area (Å²) in [7, 11) is 1.75. The maximum absolute atomic E-state index is 5.65. The molecule has 0 saturated heterocycles.